The Balaban J connectivity index is 2.48. The van der Waals surface area contributed by atoms with Crippen LogP contribution in [-0.2, 0) is 0 Å². The van der Waals surface area contributed by atoms with E-state index in [1.807, 2.05) is 0 Å². The zero-order valence-corrected chi connectivity index (χ0v) is 15.6. The number of amides is 1. The van der Waals surface area contributed by atoms with Crippen LogP contribution in [0.3, 0.4) is 0 Å². The Morgan fingerprint density at radius 3 is 2.35 bits per heavy atom. The van der Waals surface area contributed by atoms with Crippen molar-refractivity contribution in [2.24, 2.45) is 0 Å². The normalized spacial score (nSPS) is 10.2. The van der Waals surface area contributed by atoms with E-state index in [9.17, 15) is 20.0 Å². The molecule has 138 valence electrons. The highest BCUT2D eigenvalue weighted by Crippen LogP contribution is 2.45. The van der Waals surface area contributed by atoms with Gasteiger partial charge in [0.1, 0.15) is 5.75 Å². The number of carbonyl (C=O) groups is 1. The van der Waals surface area contributed by atoms with Gasteiger partial charge >= 0.3 is 0 Å². The van der Waals surface area contributed by atoms with E-state index in [-0.39, 0.29) is 39.9 Å². The molecular weight excluding hydrogens is 412 g/mol. The summed E-state index contributed by atoms with van der Waals surface area (Å²) in [6.07, 6.45) is 0. The van der Waals surface area contributed by atoms with Crippen LogP contribution in [0.1, 0.15) is 10.4 Å². The summed E-state index contributed by atoms with van der Waals surface area (Å²) < 4.78 is 16.0. The third-order valence-electron chi connectivity index (χ3n) is 3.45. The number of halogens is 1. The van der Waals surface area contributed by atoms with Crippen molar-refractivity contribution in [1.29, 1.82) is 0 Å². The number of aromatic hydroxyl groups is 1. The van der Waals surface area contributed by atoms with Gasteiger partial charge in [0, 0.05) is 12.1 Å². The molecule has 0 saturated carbocycles. The van der Waals surface area contributed by atoms with E-state index < -0.39 is 10.8 Å². The van der Waals surface area contributed by atoms with E-state index in [4.69, 9.17) is 14.2 Å². The Kier molecular flexibility index (Phi) is 5.88. The third-order valence-corrected chi connectivity index (χ3v) is 4.24. The van der Waals surface area contributed by atoms with Crippen LogP contribution < -0.4 is 19.5 Å². The first-order chi connectivity index (χ1) is 12.3. The number of nitro groups is 1. The van der Waals surface area contributed by atoms with Crippen LogP contribution in [0.5, 0.6) is 23.0 Å². The predicted molar refractivity (Wildman–Crippen MR) is 96.5 cm³/mol. The quantitative estimate of drug-likeness (QED) is 0.412. The van der Waals surface area contributed by atoms with Gasteiger partial charge in [-0.25, -0.2) is 0 Å². The van der Waals surface area contributed by atoms with Gasteiger partial charge in [-0.1, -0.05) is 0 Å². The fourth-order valence-corrected chi connectivity index (χ4v) is 2.85. The molecule has 2 aromatic rings. The topological polar surface area (TPSA) is 120 Å². The van der Waals surface area contributed by atoms with Crippen LogP contribution in [-0.4, -0.2) is 37.3 Å². The zero-order chi connectivity index (χ0) is 19.4. The monoisotopic (exact) mass is 426 g/mol. The number of phenolic OH excluding ortho intramolecular Hbond substituents is 1. The molecule has 9 nitrogen and oxygen atoms in total. The number of anilines is 1. The number of nitrogens with one attached hydrogen (secondary N) is 1. The first-order valence-electron chi connectivity index (χ1n) is 7.11. The van der Waals surface area contributed by atoms with Gasteiger partial charge in [-0.05, 0) is 28.1 Å². The SMILES string of the molecule is COc1cc(C(=O)Nc2cc([N+](=O)[O-])ccc2O)c(Br)c(OC)c1OC. The van der Waals surface area contributed by atoms with Gasteiger partial charge in [0.25, 0.3) is 11.6 Å². The predicted octanol–water partition coefficient (Wildman–Crippen LogP) is 3.34. The number of benzene rings is 2. The fraction of sp³-hybridized carbons (Fsp3) is 0.188. The highest BCUT2D eigenvalue weighted by atomic mass is 79.9. The number of ether oxygens (including phenoxy) is 3. The maximum atomic E-state index is 12.6. The smallest absolute Gasteiger partial charge is 0.271 e. The minimum absolute atomic E-state index is 0.107. The fourth-order valence-electron chi connectivity index (χ4n) is 2.21. The van der Waals surface area contributed by atoms with Crippen molar-refractivity contribution in [3.63, 3.8) is 0 Å². The zero-order valence-electron chi connectivity index (χ0n) is 14.0. The summed E-state index contributed by atoms with van der Waals surface area (Å²) in [7, 11) is 4.23. The highest BCUT2D eigenvalue weighted by Gasteiger charge is 2.23. The molecule has 2 rings (SSSR count). The van der Waals surface area contributed by atoms with Crippen molar-refractivity contribution in [1.82, 2.24) is 0 Å². The molecule has 0 saturated heterocycles. The molecule has 1 amide bonds. The van der Waals surface area contributed by atoms with Gasteiger partial charge in [0.05, 0.1) is 42.0 Å². The summed E-state index contributed by atoms with van der Waals surface area (Å²) in [6.45, 7) is 0. The maximum absolute atomic E-state index is 12.6. The molecule has 0 atom stereocenters. The Bertz CT molecular complexity index is 870. The Labute approximate surface area is 156 Å². The number of hydrogen-bond donors (Lipinski definition) is 2. The van der Waals surface area contributed by atoms with Crippen molar-refractivity contribution in [2.45, 2.75) is 0 Å². The van der Waals surface area contributed by atoms with Gasteiger partial charge in [-0.15, -0.1) is 0 Å². The summed E-state index contributed by atoms with van der Waals surface area (Å²) in [4.78, 5) is 22.9. The molecule has 0 aliphatic heterocycles. The van der Waals surface area contributed by atoms with E-state index in [2.05, 4.69) is 21.2 Å². The number of phenols is 1. The van der Waals surface area contributed by atoms with Crippen molar-refractivity contribution in [3.8, 4) is 23.0 Å². The van der Waals surface area contributed by atoms with Gasteiger partial charge in [-0.2, -0.15) is 0 Å². The summed E-state index contributed by atoms with van der Waals surface area (Å²) in [6, 6.07) is 4.71. The Hall–Kier alpha value is -3.01. The molecule has 0 aromatic heterocycles. The molecule has 0 heterocycles. The van der Waals surface area contributed by atoms with E-state index in [0.717, 1.165) is 18.2 Å². The largest absolute Gasteiger partial charge is 0.506 e. The summed E-state index contributed by atoms with van der Waals surface area (Å²) in [5, 5.41) is 23.1. The van der Waals surface area contributed by atoms with E-state index in [1.165, 1.54) is 27.4 Å². The van der Waals surface area contributed by atoms with Crippen LogP contribution >= 0.6 is 15.9 Å². The Morgan fingerprint density at radius 2 is 1.81 bits per heavy atom. The maximum Gasteiger partial charge on any atom is 0.271 e. The molecule has 10 heteroatoms. The molecule has 0 radical (unpaired) electrons. The van der Waals surface area contributed by atoms with E-state index in [1.54, 1.807) is 0 Å². The first-order valence-corrected chi connectivity index (χ1v) is 7.90. The number of nitrogens with zero attached hydrogens (tertiary/aromatic N) is 1. The van der Waals surface area contributed by atoms with Gasteiger partial charge < -0.3 is 24.6 Å². The molecule has 0 unspecified atom stereocenters. The molecule has 0 aliphatic carbocycles. The lowest BCUT2D eigenvalue weighted by atomic mass is 10.1. The molecule has 2 N–H and O–H groups in total. The van der Waals surface area contributed by atoms with Crippen LogP contribution in [0.25, 0.3) is 0 Å². The Morgan fingerprint density at radius 1 is 1.15 bits per heavy atom. The number of rotatable bonds is 6. The first kappa shape index (κ1) is 19.3. The average molecular weight is 427 g/mol. The van der Waals surface area contributed by atoms with Gasteiger partial charge in [-0.3, -0.25) is 14.9 Å². The molecule has 0 spiro atoms. The molecule has 0 aliphatic rings. The minimum Gasteiger partial charge on any atom is -0.506 e. The molecule has 0 fully saturated rings. The molecular formula is C16H15BrN2O7. The molecule has 2 aromatic carbocycles. The van der Waals surface area contributed by atoms with Crippen molar-refractivity contribution in [2.75, 3.05) is 26.6 Å². The summed E-state index contributed by atoms with van der Waals surface area (Å²) in [5.74, 6) is -0.183. The van der Waals surface area contributed by atoms with Crippen LogP contribution in [0, 0.1) is 10.1 Å². The highest BCUT2D eigenvalue weighted by molar-refractivity contribution is 9.10. The summed E-state index contributed by atoms with van der Waals surface area (Å²) >= 11 is 3.27. The van der Waals surface area contributed by atoms with Crippen LogP contribution in [0.2, 0.25) is 0 Å². The van der Waals surface area contributed by atoms with Crippen LogP contribution in [0.4, 0.5) is 11.4 Å². The minimum atomic E-state index is -0.646. The average Bonchev–Trinajstić information content (AvgIpc) is 2.62. The lowest BCUT2D eigenvalue weighted by Gasteiger charge is -2.16. The lowest BCUT2D eigenvalue weighted by Crippen LogP contribution is -2.14. The summed E-state index contributed by atoms with van der Waals surface area (Å²) in [5.41, 5.74) is -0.266. The standard InChI is InChI=1S/C16H15BrN2O7/c1-24-12-7-9(13(17)15(26-3)14(12)25-2)16(21)18-10-6-8(19(22)23)4-5-11(10)20/h4-7,20H,1-3H3,(H,18,21). The number of hydrogen-bond acceptors (Lipinski definition) is 7. The van der Waals surface area contributed by atoms with Gasteiger partial charge in [0.15, 0.2) is 11.5 Å². The number of carbonyl (C=O) groups excluding carboxylic acids is 1. The van der Waals surface area contributed by atoms with Crippen LogP contribution in [0.15, 0.2) is 28.7 Å². The van der Waals surface area contributed by atoms with Crippen molar-refractivity contribution in [3.05, 3.63) is 44.4 Å². The second-order valence-electron chi connectivity index (χ2n) is 4.92. The second-order valence-corrected chi connectivity index (χ2v) is 5.71. The van der Waals surface area contributed by atoms with Gasteiger partial charge in [0.2, 0.25) is 5.75 Å². The second kappa shape index (κ2) is 7.91. The van der Waals surface area contributed by atoms with E-state index >= 15 is 0 Å². The number of nitro benzene ring substituents is 1. The van der Waals surface area contributed by atoms with E-state index in [0.29, 0.717) is 4.47 Å². The number of non-ortho nitro benzene ring substituents is 1. The third kappa shape index (κ3) is 3.64. The molecule has 0 bridgehead atoms. The molecule has 26 heavy (non-hydrogen) atoms. The van der Waals surface area contributed by atoms with Crippen molar-refractivity contribution >= 4 is 33.2 Å². The lowest BCUT2D eigenvalue weighted by molar-refractivity contribution is -0.384. The number of methoxy groups -OCH3 is 3. The van der Waals surface area contributed by atoms with Crippen molar-refractivity contribution < 1.29 is 29.0 Å².